The second kappa shape index (κ2) is 3.69. The molecule has 0 bridgehead atoms. The van der Waals surface area contributed by atoms with E-state index in [0.717, 1.165) is 6.07 Å². The molecule has 1 aromatic heterocycles. The van der Waals surface area contributed by atoms with Crippen molar-refractivity contribution in [3.8, 4) is 0 Å². The smallest absolute Gasteiger partial charge is 0.265 e. The molecular weight excluding hydrogens is 300 g/mol. The average molecular weight is 304 g/mol. The standard InChI is InChI=1S/C6H4ClF2IN2/c7-4-2(5(8)9)1-3(11)12-6(4)10/h1,5H,(H2,11,12). The molecule has 1 rings (SSSR count). The molecule has 6 heteroatoms. The molecule has 0 unspecified atom stereocenters. The molecule has 0 aromatic carbocycles. The molecule has 0 saturated carbocycles. The zero-order valence-electron chi connectivity index (χ0n) is 5.69. The van der Waals surface area contributed by atoms with Gasteiger partial charge in [0.25, 0.3) is 6.43 Å². The summed E-state index contributed by atoms with van der Waals surface area (Å²) in [7, 11) is 0. The Morgan fingerprint density at radius 1 is 1.58 bits per heavy atom. The highest BCUT2D eigenvalue weighted by Gasteiger charge is 2.15. The monoisotopic (exact) mass is 304 g/mol. The van der Waals surface area contributed by atoms with Gasteiger partial charge in [0, 0.05) is 5.56 Å². The van der Waals surface area contributed by atoms with Gasteiger partial charge < -0.3 is 5.73 Å². The number of halogens is 4. The number of rotatable bonds is 1. The van der Waals surface area contributed by atoms with Gasteiger partial charge in [-0.2, -0.15) is 0 Å². The zero-order valence-corrected chi connectivity index (χ0v) is 8.60. The zero-order chi connectivity index (χ0) is 9.30. The third kappa shape index (κ3) is 1.95. The molecule has 12 heavy (non-hydrogen) atoms. The van der Waals surface area contributed by atoms with Crippen LogP contribution in [0.5, 0.6) is 0 Å². The molecule has 0 saturated heterocycles. The van der Waals surface area contributed by atoms with Crippen LogP contribution in [-0.4, -0.2) is 4.98 Å². The Hall–Kier alpha value is -0.170. The lowest BCUT2D eigenvalue weighted by atomic mass is 10.3. The molecule has 66 valence electrons. The maximum absolute atomic E-state index is 12.2. The summed E-state index contributed by atoms with van der Waals surface area (Å²) in [4.78, 5) is 3.72. The molecule has 1 aromatic rings. The van der Waals surface area contributed by atoms with Crippen molar-refractivity contribution in [1.82, 2.24) is 4.98 Å². The number of aromatic nitrogens is 1. The summed E-state index contributed by atoms with van der Waals surface area (Å²) < 4.78 is 24.7. The fraction of sp³-hybridized carbons (Fsp3) is 0.167. The number of hydrogen-bond donors (Lipinski definition) is 1. The van der Waals surface area contributed by atoms with E-state index < -0.39 is 6.43 Å². The first-order valence-electron chi connectivity index (χ1n) is 2.92. The molecule has 0 fully saturated rings. The van der Waals surface area contributed by atoms with Gasteiger partial charge in [-0.1, -0.05) is 11.6 Å². The first kappa shape index (κ1) is 9.91. The highest BCUT2D eigenvalue weighted by molar-refractivity contribution is 14.1. The van der Waals surface area contributed by atoms with Gasteiger partial charge >= 0.3 is 0 Å². The van der Waals surface area contributed by atoms with Crippen molar-refractivity contribution in [2.45, 2.75) is 6.43 Å². The topological polar surface area (TPSA) is 38.9 Å². The van der Waals surface area contributed by atoms with Gasteiger partial charge in [0.2, 0.25) is 0 Å². The number of pyridine rings is 1. The Bertz CT molecular complexity index is 306. The van der Waals surface area contributed by atoms with Crippen LogP contribution < -0.4 is 5.73 Å². The molecule has 0 aliphatic heterocycles. The van der Waals surface area contributed by atoms with Crippen molar-refractivity contribution in [2.75, 3.05) is 5.73 Å². The summed E-state index contributed by atoms with van der Waals surface area (Å²) in [6, 6.07) is 1.08. The lowest BCUT2D eigenvalue weighted by Gasteiger charge is -2.04. The van der Waals surface area contributed by atoms with Crippen molar-refractivity contribution >= 4 is 40.0 Å². The maximum atomic E-state index is 12.2. The number of alkyl halides is 2. The van der Waals surface area contributed by atoms with Gasteiger partial charge in [0.05, 0.1) is 5.02 Å². The Labute approximate surface area is 86.3 Å². The van der Waals surface area contributed by atoms with Crippen molar-refractivity contribution in [3.63, 3.8) is 0 Å². The summed E-state index contributed by atoms with van der Waals surface area (Å²) in [6.07, 6.45) is -2.61. The summed E-state index contributed by atoms with van der Waals surface area (Å²) in [5, 5.41) is -0.0280. The fourth-order valence-corrected chi connectivity index (χ4v) is 1.46. The van der Waals surface area contributed by atoms with Crippen LogP contribution in [0.4, 0.5) is 14.6 Å². The summed E-state index contributed by atoms with van der Waals surface area (Å²) >= 11 is 7.31. The Kier molecular flexibility index (Phi) is 3.05. The third-order valence-electron chi connectivity index (χ3n) is 1.20. The van der Waals surface area contributed by atoms with E-state index in [2.05, 4.69) is 4.98 Å². The third-order valence-corrected chi connectivity index (χ3v) is 2.70. The number of nitrogens with two attached hydrogens (primary N) is 1. The lowest BCUT2D eigenvalue weighted by molar-refractivity contribution is 0.151. The molecule has 2 nitrogen and oxygen atoms in total. The van der Waals surface area contributed by atoms with Gasteiger partial charge in [-0.25, -0.2) is 13.8 Å². The van der Waals surface area contributed by atoms with Crippen LogP contribution in [0, 0.1) is 3.70 Å². The van der Waals surface area contributed by atoms with Crippen LogP contribution in [0.2, 0.25) is 5.02 Å². The van der Waals surface area contributed by atoms with Crippen LogP contribution in [0.1, 0.15) is 12.0 Å². The fourth-order valence-electron chi connectivity index (χ4n) is 0.695. The van der Waals surface area contributed by atoms with Crippen molar-refractivity contribution < 1.29 is 8.78 Å². The maximum Gasteiger partial charge on any atom is 0.265 e. The number of hydrogen-bond acceptors (Lipinski definition) is 2. The normalized spacial score (nSPS) is 10.8. The van der Waals surface area contributed by atoms with Gasteiger partial charge in [-0.05, 0) is 28.7 Å². The van der Waals surface area contributed by atoms with E-state index in [0.29, 0.717) is 3.70 Å². The van der Waals surface area contributed by atoms with Crippen LogP contribution in [-0.2, 0) is 0 Å². The largest absolute Gasteiger partial charge is 0.384 e. The lowest BCUT2D eigenvalue weighted by Crippen LogP contribution is -1.97. The summed E-state index contributed by atoms with van der Waals surface area (Å²) in [5.41, 5.74) is 4.99. The highest BCUT2D eigenvalue weighted by atomic mass is 127. The van der Waals surface area contributed by atoms with Gasteiger partial charge in [-0.3, -0.25) is 0 Å². The first-order chi connectivity index (χ1) is 5.52. The molecule has 2 N–H and O–H groups in total. The van der Waals surface area contributed by atoms with E-state index in [1.54, 1.807) is 22.6 Å². The Morgan fingerprint density at radius 3 is 2.67 bits per heavy atom. The van der Waals surface area contributed by atoms with Gasteiger partial charge in [-0.15, -0.1) is 0 Å². The quantitative estimate of drug-likeness (QED) is 0.640. The second-order valence-corrected chi connectivity index (χ2v) is 3.44. The predicted octanol–water partition coefficient (Wildman–Crippen LogP) is 2.86. The minimum absolute atomic E-state index is 0.0280. The van der Waals surface area contributed by atoms with E-state index in [4.69, 9.17) is 17.3 Å². The molecule has 0 atom stereocenters. The number of nitrogen functional groups attached to an aromatic ring is 1. The molecule has 0 aliphatic carbocycles. The minimum atomic E-state index is -2.61. The highest BCUT2D eigenvalue weighted by Crippen LogP contribution is 2.30. The Morgan fingerprint density at radius 2 is 2.17 bits per heavy atom. The average Bonchev–Trinajstić information content (AvgIpc) is 1.96. The predicted molar refractivity (Wildman–Crippen MR) is 51.3 cm³/mol. The van der Waals surface area contributed by atoms with E-state index in [-0.39, 0.29) is 16.4 Å². The van der Waals surface area contributed by atoms with Crippen molar-refractivity contribution in [1.29, 1.82) is 0 Å². The molecular formula is C6H4ClF2IN2. The second-order valence-electron chi connectivity index (χ2n) is 2.04. The van der Waals surface area contributed by atoms with Crippen molar-refractivity contribution in [2.24, 2.45) is 0 Å². The van der Waals surface area contributed by atoms with E-state index in [1.807, 2.05) is 0 Å². The Balaban J connectivity index is 3.28. The van der Waals surface area contributed by atoms with Gasteiger partial charge in [0.1, 0.15) is 9.52 Å². The van der Waals surface area contributed by atoms with Gasteiger partial charge in [0.15, 0.2) is 0 Å². The molecule has 0 radical (unpaired) electrons. The van der Waals surface area contributed by atoms with Crippen LogP contribution in [0.3, 0.4) is 0 Å². The number of nitrogens with zero attached hydrogens (tertiary/aromatic N) is 1. The number of anilines is 1. The van der Waals surface area contributed by atoms with E-state index in [1.165, 1.54) is 0 Å². The molecule has 0 aliphatic rings. The molecule has 0 spiro atoms. The van der Waals surface area contributed by atoms with Crippen LogP contribution in [0.15, 0.2) is 6.07 Å². The SMILES string of the molecule is Nc1cc(C(F)F)c(Cl)c(I)n1. The van der Waals surface area contributed by atoms with Crippen LogP contribution in [0.25, 0.3) is 0 Å². The summed E-state index contributed by atoms with van der Waals surface area (Å²) in [5.74, 6) is 0.0547. The first-order valence-corrected chi connectivity index (χ1v) is 4.37. The van der Waals surface area contributed by atoms with Crippen molar-refractivity contribution in [3.05, 3.63) is 20.4 Å². The van der Waals surface area contributed by atoms with E-state index >= 15 is 0 Å². The van der Waals surface area contributed by atoms with Crippen LogP contribution >= 0.6 is 34.2 Å². The summed E-state index contributed by atoms with van der Waals surface area (Å²) in [6.45, 7) is 0. The molecule has 0 amide bonds. The van der Waals surface area contributed by atoms with E-state index in [9.17, 15) is 8.78 Å². The molecule has 1 heterocycles. The minimum Gasteiger partial charge on any atom is -0.384 e.